The number of nitrogens with two attached hydrogens (primary N) is 1. The van der Waals surface area contributed by atoms with Crippen LogP contribution < -0.4 is 5.73 Å². The summed E-state index contributed by atoms with van der Waals surface area (Å²) >= 11 is 0. The van der Waals surface area contributed by atoms with E-state index < -0.39 is 0 Å². The Kier molecular flexibility index (Phi) is 2.49. The fourth-order valence-corrected chi connectivity index (χ4v) is 2.60. The number of likely N-dealkylation sites (tertiary alicyclic amines) is 1. The van der Waals surface area contributed by atoms with Crippen LogP contribution in [-0.2, 0) is 12.1 Å². The molecule has 1 heterocycles. The molecule has 1 saturated carbocycles. The topological polar surface area (TPSA) is 29.3 Å². The molecule has 2 N–H and O–H groups in total. The molecule has 0 amide bonds. The maximum Gasteiger partial charge on any atom is 0.0411 e. The van der Waals surface area contributed by atoms with Crippen LogP contribution in [0.3, 0.4) is 0 Å². The van der Waals surface area contributed by atoms with Gasteiger partial charge in [0.05, 0.1) is 0 Å². The number of nitrogens with zero attached hydrogens (tertiary/aromatic N) is 1. The highest BCUT2D eigenvalue weighted by Crippen LogP contribution is 2.42. The quantitative estimate of drug-likeness (QED) is 0.839. The van der Waals surface area contributed by atoms with Crippen molar-refractivity contribution in [2.24, 2.45) is 5.73 Å². The summed E-state index contributed by atoms with van der Waals surface area (Å²) < 4.78 is 0. The summed E-state index contributed by atoms with van der Waals surface area (Å²) in [5.74, 6) is 0. The number of hydrogen-bond donors (Lipinski definition) is 1. The molecular weight excluding hydrogens is 196 g/mol. The average Bonchev–Trinajstić information content (AvgIpc) is 2.85. The lowest BCUT2D eigenvalue weighted by Crippen LogP contribution is -2.21. The lowest BCUT2D eigenvalue weighted by Gasteiger charge is -2.16. The van der Waals surface area contributed by atoms with Crippen molar-refractivity contribution in [3.63, 3.8) is 0 Å². The molecule has 2 aliphatic rings. The summed E-state index contributed by atoms with van der Waals surface area (Å²) in [4.78, 5) is 2.54. The highest BCUT2D eigenvalue weighted by atomic mass is 15.1. The third-order valence-electron chi connectivity index (χ3n) is 3.90. The predicted octanol–water partition coefficient (Wildman–Crippen LogP) is 2.23. The highest BCUT2D eigenvalue weighted by Gasteiger charge is 2.39. The first-order valence-electron chi connectivity index (χ1n) is 6.37. The van der Waals surface area contributed by atoms with E-state index in [1.807, 2.05) is 0 Å². The minimum atomic E-state index is 0.0149. The third kappa shape index (κ3) is 2.00. The van der Waals surface area contributed by atoms with Crippen LogP contribution in [0, 0.1) is 0 Å². The summed E-state index contributed by atoms with van der Waals surface area (Å²) in [6.07, 6.45) is 5.03. The standard InChI is InChI=1S/C14H20N2/c15-14(6-7-14)13-5-3-4-12(10-13)11-16-8-1-2-9-16/h3-5,10H,1-2,6-9,11,15H2. The maximum atomic E-state index is 6.23. The van der Waals surface area contributed by atoms with E-state index in [2.05, 4.69) is 29.2 Å². The zero-order valence-corrected chi connectivity index (χ0v) is 9.78. The summed E-state index contributed by atoms with van der Waals surface area (Å²) in [5, 5.41) is 0. The molecule has 0 bridgehead atoms. The van der Waals surface area contributed by atoms with Crippen LogP contribution in [0.25, 0.3) is 0 Å². The van der Waals surface area contributed by atoms with Gasteiger partial charge in [0.15, 0.2) is 0 Å². The molecule has 1 aromatic rings. The molecule has 2 heteroatoms. The van der Waals surface area contributed by atoms with E-state index in [9.17, 15) is 0 Å². The molecule has 0 unspecified atom stereocenters. The van der Waals surface area contributed by atoms with E-state index in [1.165, 1.54) is 37.1 Å². The van der Waals surface area contributed by atoms with Crippen LogP contribution >= 0.6 is 0 Å². The van der Waals surface area contributed by atoms with Crippen LogP contribution in [-0.4, -0.2) is 18.0 Å². The Morgan fingerprint density at radius 2 is 1.94 bits per heavy atom. The van der Waals surface area contributed by atoms with Gasteiger partial charge in [-0.2, -0.15) is 0 Å². The lowest BCUT2D eigenvalue weighted by atomic mass is 10.0. The molecule has 2 nitrogen and oxygen atoms in total. The van der Waals surface area contributed by atoms with Gasteiger partial charge in [-0.3, -0.25) is 4.90 Å². The van der Waals surface area contributed by atoms with E-state index in [0.29, 0.717) is 0 Å². The van der Waals surface area contributed by atoms with Crippen molar-refractivity contribution in [1.29, 1.82) is 0 Å². The molecule has 0 atom stereocenters. The summed E-state index contributed by atoms with van der Waals surface area (Å²) in [5.41, 5.74) is 9.01. The molecule has 0 radical (unpaired) electrons. The Morgan fingerprint density at radius 3 is 2.62 bits per heavy atom. The van der Waals surface area contributed by atoms with Crippen molar-refractivity contribution < 1.29 is 0 Å². The SMILES string of the molecule is NC1(c2cccc(CN3CCCC3)c2)CC1. The zero-order valence-electron chi connectivity index (χ0n) is 9.78. The Morgan fingerprint density at radius 1 is 1.19 bits per heavy atom. The largest absolute Gasteiger partial charge is 0.321 e. The van der Waals surface area contributed by atoms with Gasteiger partial charge in [-0.1, -0.05) is 24.3 Å². The monoisotopic (exact) mass is 216 g/mol. The summed E-state index contributed by atoms with van der Waals surface area (Å²) in [7, 11) is 0. The second kappa shape index (κ2) is 3.86. The normalized spacial score (nSPS) is 23.6. The van der Waals surface area contributed by atoms with E-state index >= 15 is 0 Å². The summed E-state index contributed by atoms with van der Waals surface area (Å²) in [6, 6.07) is 8.88. The van der Waals surface area contributed by atoms with E-state index in [1.54, 1.807) is 0 Å². The van der Waals surface area contributed by atoms with Crippen LogP contribution in [0.2, 0.25) is 0 Å². The van der Waals surface area contributed by atoms with Gasteiger partial charge in [0.25, 0.3) is 0 Å². The van der Waals surface area contributed by atoms with Crippen molar-refractivity contribution in [2.45, 2.75) is 37.8 Å². The van der Waals surface area contributed by atoms with E-state index in [0.717, 1.165) is 19.4 Å². The van der Waals surface area contributed by atoms with Gasteiger partial charge in [-0.15, -0.1) is 0 Å². The van der Waals surface area contributed by atoms with Crippen molar-refractivity contribution >= 4 is 0 Å². The van der Waals surface area contributed by atoms with Gasteiger partial charge in [0, 0.05) is 12.1 Å². The molecule has 16 heavy (non-hydrogen) atoms. The molecule has 3 rings (SSSR count). The van der Waals surface area contributed by atoms with E-state index in [-0.39, 0.29) is 5.54 Å². The molecule has 1 aromatic carbocycles. The molecule has 2 fully saturated rings. The minimum absolute atomic E-state index is 0.0149. The van der Waals surface area contributed by atoms with Gasteiger partial charge in [0.2, 0.25) is 0 Å². The Hall–Kier alpha value is -0.860. The van der Waals surface area contributed by atoms with Crippen LogP contribution in [0.1, 0.15) is 36.8 Å². The van der Waals surface area contributed by atoms with Crippen molar-refractivity contribution in [3.8, 4) is 0 Å². The van der Waals surface area contributed by atoms with Crippen molar-refractivity contribution in [2.75, 3.05) is 13.1 Å². The molecule has 1 saturated heterocycles. The minimum Gasteiger partial charge on any atom is -0.321 e. The first kappa shape index (κ1) is 10.3. The van der Waals surface area contributed by atoms with Gasteiger partial charge in [-0.05, 0) is 49.9 Å². The highest BCUT2D eigenvalue weighted by molar-refractivity contribution is 5.33. The molecule has 1 aliphatic carbocycles. The number of hydrogen-bond acceptors (Lipinski definition) is 2. The Balaban J connectivity index is 1.74. The van der Waals surface area contributed by atoms with Crippen LogP contribution in [0.4, 0.5) is 0 Å². The smallest absolute Gasteiger partial charge is 0.0411 e. The summed E-state index contributed by atoms with van der Waals surface area (Å²) in [6.45, 7) is 3.62. The first-order valence-corrected chi connectivity index (χ1v) is 6.37. The lowest BCUT2D eigenvalue weighted by molar-refractivity contribution is 0.331. The first-order chi connectivity index (χ1) is 7.76. The average molecular weight is 216 g/mol. The third-order valence-corrected chi connectivity index (χ3v) is 3.90. The van der Waals surface area contributed by atoms with Gasteiger partial charge in [0.1, 0.15) is 0 Å². The van der Waals surface area contributed by atoms with Gasteiger partial charge >= 0.3 is 0 Å². The Labute approximate surface area is 97.4 Å². The maximum absolute atomic E-state index is 6.23. The molecule has 86 valence electrons. The molecule has 0 spiro atoms. The van der Waals surface area contributed by atoms with Crippen LogP contribution in [0.5, 0.6) is 0 Å². The second-order valence-electron chi connectivity index (χ2n) is 5.34. The predicted molar refractivity (Wildman–Crippen MR) is 66.1 cm³/mol. The van der Waals surface area contributed by atoms with Gasteiger partial charge in [-0.25, -0.2) is 0 Å². The van der Waals surface area contributed by atoms with Crippen molar-refractivity contribution in [3.05, 3.63) is 35.4 Å². The van der Waals surface area contributed by atoms with Crippen LogP contribution in [0.15, 0.2) is 24.3 Å². The van der Waals surface area contributed by atoms with Gasteiger partial charge < -0.3 is 5.73 Å². The molecule has 0 aromatic heterocycles. The second-order valence-corrected chi connectivity index (χ2v) is 5.34. The van der Waals surface area contributed by atoms with Crippen molar-refractivity contribution in [1.82, 2.24) is 4.90 Å². The van der Waals surface area contributed by atoms with E-state index in [4.69, 9.17) is 5.73 Å². The molecular formula is C14H20N2. The molecule has 1 aliphatic heterocycles. The number of benzene rings is 1. The number of rotatable bonds is 3. The fourth-order valence-electron chi connectivity index (χ4n) is 2.60. The zero-order chi connectivity index (χ0) is 11.0. The fraction of sp³-hybridized carbons (Fsp3) is 0.571. The Bertz CT molecular complexity index is 376.